The third-order valence-electron chi connectivity index (χ3n) is 3.54. The zero-order valence-electron chi connectivity index (χ0n) is 9.71. The Kier molecular flexibility index (Phi) is 3.93. The Labute approximate surface area is 96.4 Å². The van der Waals surface area contributed by atoms with Gasteiger partial charge in [0.25, 0.3) is 0 Å². The highest BCUT2D eigenvalue weighted by Gasteiger charge is 2.26. The highest BCUT2D eigenvalue weighted by atomic mass is 16.2. The molecule has 4 heteroatoms. The summed E-state index contributed by atoms with van der Waals surface area (Å²) in [4.78, 5) is 24.6. The number of likely N-dealkylation sites (tertiary alicyclic amines) is 1. The first-order valence-corrected chi connectivity index (χ1v) is 6.31. The molecule has 0 aromatic carbocycles. The van der Waals surface area contributed by atoms with Crippen molar-refractivity contribution in [3.8, 4) is 0 Å². The molecule has 2 fully saturated rings. The van der Waals surface area contributed by atoms with E-state index in [0.29, 0.717) is 25.3 Å². The quantitative estimate of drug-likeness (QED) is 0.725. The fraction of sp³-hybridized carbons (Fsp3) is 0.833. The summed E-state index contributed by atoms with van der Waals surface area (Å²) in [5.74, 6) is 0.691. The van der Waals surface area contributed by atoms with Crippen LogP contribution in [0, 0.1) is 5.92 Å². The predicted molar refractivity (Wildman–Crippen MR) is 60.8 cm³/mol. The average molecular weight is 224 g/mol. The Balaban J connectivity index is 1.78. The molecule has 2 saturated heterocycles. The minimum absolute atomic E-state index is 0.0278. The molecule has 0 aromatic heterocycles. The number of amides is 2. The lowest BCUT2D eigenvalue weighted by molar-refractivity contribution is -0.148. The first kappa shape index (κ1) is 11.6. The molecular weight excluding hydrogens is 204 g/mol. The zero-order valence-corrected chi connectivity index (χ0v) is 9.71. The van der Waals surface area contributed by atoms with Gasteiger partial charge in [-0.15, -0.1) is 0 Å². The summed E-state index contributed by atoms with van der Waals surface area (Å²) in [5.41, 5.74) is 0. The third kappa shape index (κ3) is 2.82. The number of carbonyl (C=O) groups excluding carboxylic acids is 2. The van der Waals surface area contributed by atoms with Gasteiger partial charge in [0.15, 0.2) is 0 Å². The summed E-state index contributed by atoms with van der Waals surface area (Å²) in [7, 11) is 0. The predicted octanol–water partition coefficient (Wildman–Crippen LogP) is 0.915. The van der Waals surface area contributed by atoms with E-state index in [0.717, 1.165) is 25.9 Å². The van der Waals surface area contributed by atoms with E-state index >= 15 is 0 Å². The molecular formula is C12H20N2O2. The van der Waals surface area contributed by atoms with Gasteiger partial charge >= 0.3 is 0 Å². The largest absolute Gasteiger partial charge is 0.316 e. The van der Waals surface area contributed by atoms with Gasteiger partial charge in [0.2, 0.25) is 11.8 Å². The maximum atomic E-state index is 11.6. The lowest BCUT2D eigenvalue weighted by atomic mass is 9.95. The van der Waals surface area contributed by atoms with Crippen molar-refractivity contribution in [1.29, 1.82) is 0 Å². The van der Waals surface area contributed by atoms with Crippen molar-refractivity contribution < 1.29 is 9.59 Å². The second kappa shape index (κ2) is 5.43. The molecule has 90 valence electrons. The number of hydrogen-bond acceptors (Lipinski definition) is 3. The van der Waals surface area contributed by atoms with Crippen molar-refractivity contribution in [3.05, 3.63) is 0 Å². The van der Waals surface area contributed by atoms with Crippen molar-refractivity contribution in [2.45, 2.75) is 38.5 Å². The van der Waals surface area contributed by atoms with Crippen LogP contribution in [0.15, 0.2) is 0 Å². The van der Waals surface area contributed by atoms with Crippen LogP contribution in [0.25, 0.3) is 0 Å². The lowest BCUT2D eigenvalue weighted by Gasteiger charge is -2.28. The molecule has 0 bridgehead atoms. The molecule has 0 spiro atoms. The van der Waals surface area contributed by atoms with E-state index in [-0.39, 0.29) is 11.8 Å². The van der Waals surface area contributed by atoms with E-state index in [1.165, 1.54) is 17.7 Å². The summed E-state index contributed by atoms with van der Waals surface area (Å²) in [5, 5.41) is 3.36. The summed E-state index contributed by atoms with van der Waals surface area (Å²) < 4.78 is 0. The molecule has 0 saturated carbocycles. The van der Waals surface area contributed by atoms with E-state index in [2.05, 4.69) is 5.32 Å². The summed E-state index contributed by atoms with van der Waals surface area (Å²) in [6, 6.07) is 0. The maximum absolute atomic E-state index is 11.6. The normalized spacial score (nSPS) is 27.2. The van der Waals surface area contributed by atoms with Crippen LogP contribution < -0.4 is 5.32 Å². The van der Waals surface area contributed by atoms with E-state index in [4.69, 9.17) is 0 Å². The fourth-order valence-electron chi connectivity index (χ4n) is 2.53. The second-order valence-corrected chi connectivity index (χ2v) is 4.79. The Morgan fingerprint density at radius 3 is 2.56 bits per heavy atom. The Morgan fingerprint density at radius 1 is 1.19 bits per heavy atom. The van der Waals surface area contributed by atoms with Crippen molar-refractivity contribution >= 4 is 11.8 Å². The number of imide groups is 1. The van der Waals surface area contributed by atoms with Crippen LogP contribution in [0.1, 0.15) is 38.5 Å². The topological polar surface area (TPSA) is 49.4 Å². The fourth-order valence-corrected chi connectivity index (χ4v) is 2.53. The second-order valence-electron chi connectivity index (χ2n) is 4.79. The Bertz CT molecular complexity index is 256. The molecule has 1 N–H and O–H groups in total. The summed E-state index contributed by atoms with van der Waals surface area (Å²) in [6.45, 7) is 2.78. The minimum atomic E-state index is 0.0278. The Morgan fingerprint density at radius 2 is 1.94 bits per heavy atom. The highest BCUT2D eigenvalue weighted by molar-refractivity contribution is 5.97. The van der Waals surface area contributed by atoms with Crippen LogP contribution >= 0.6 is 0 Å². The van der Waals surface area contributed by atoms with Gasteiger partial charge in [-0.05, 0) is 44.7 Å². The van der Waals surface area contributed by atoms with Crippen LogP contribution in [0.3, 0.4) is 0 Å². The molecule has 2 amide bonds. The minimum Gasteiger partial charge on any atom is -0.316 e. The van der Waals surface area contributed by atoms with E-state index in [9.17, 15) is 9.59 Å². The Hall–Kier alpha value is -0.900. The molecule has 1 unspecified atom stereocenters. The highest BCUT2D eigenvalue weighted by Crippen LogP contribution is 2.17. The molecule has 1 atom stereocenters. The van der Waals surface area contributed by atoms with Gasteiger partial charge in [0.1, 0.15) is 0 Å². The van der Waals surface area contributed by atoms with Gasteiger partial charge < -0.3 is 5.32 Å². The van der Waals surface area contributed by atoms with Gasteiger partial charge in [-0.1, -0.05) is 0 Å². The maximum Gasteiger partial charge on any atom is 0.229 e. The number of nitrogens with one attached hydrogen (secondary N) is 1. The van der Waals surface area contributed by atoms with Crippen molar-refractivity contribution in [3.63, 3.8) is 0 Å². The number of hydrogen-bond donors (Lipinski definition) is 1. The summed E-state index contributed by atoms with van der Waals surface area (Å²) >= 11 is 0. The standard InChI is InChI=1S/C12H20N2O2/c15-11-4-1-5-12(16)14(11)8-6-10-3-2-7-13-9-10/h10,13H,1-9H2. The first-order valence-electron chi connectivity index (χ1n) is 6.31. The van der Waals surface area contributed by atoms with Crippen LogP contribution in [-0.2, 0) is 9.59 Å². The first-order chi connectivity index (χ1) is 7.77. The molecule has 2 aliphatic heterocycles. The van der Waals surface area contributed by atoms with Crippen LogP contribution in [0.4, 0.5) is 0 Å². The third-order valence-corrected chi connectivity index (χ3v) is 3.54. The van der Waals surface area contributed by atoms with Gasteiger partial charge in [-0.2, -0.15) is 0 Å². The molecule has 0 aromatic rings. The van der Waals surface area contributed by atoms with Crippen molar-refractivity contribution in [2.75, 3.05) is 19.6 Å². The van der Waals surface area contributed by atoms with E-state index in [1.54, 1.807) is 0 Å². The molecule has 2 aliphatic rings. The monoisotopic (exact) mass is 224 g/mol. The average Bonchev–Trinajstić information content (AvgIpc) is 2.30. The van der Waals surface area contributed by atoms with Gasteiger partial charge in [0, 0.05) is 19.4 Å². The van der Waals surface area contributed by atoms with Crippen LogP contribution in [0.5, 0.6) is 0 Å². The van der Waals surface area contributed by atoms with Crippen LogP contribution in [-0.4, -0.2) is 36.3 Å². The van der Waals surface area contributed by atoms with Gasteiger partial charge in [0.05, 0.1) is 0 Å². The summed E-state index contributed by atoms with van der Waals surface area (Å²) in [6.07, 6.45) is 5.24. The molecule has 2 heterocycles. The number of carbonyl (C=O) groups is 2. The molecule has 16 heavy (non-hydrogen) atoms. The molecule has 4 nitrogen and oxygen atoms in total. The van der Waals surface area contributed by atoms with Gasteiger partial charge in [-0.25, -0.2) is 0 Å². The van der Waals surface area contributed by atoms with E-state index < -0.39 is 0 Å². The molecule has 0 radical (unpaired) electrons. The van der Waals surface area contributed by atoms with E-state index in [1.807, 2.05) is 0 Å². The van der Waals surface area contributed by atoms with Crippen molar-refractivity contribution in [1.82, 2.24) is 10.2 Å². The molecule has 0 aliphatic carbocycles. The lowest BCUT2D eigenvalue weighted by Crippen LogP contribution is -2.42. The number of nitrogens with zero attached hydrogens (tertiary/aromatic N) is 1. The number of rotatable bonds is 3. The SMILES string of the molecule is O=C1CCCC(=O)N1CCC1CCCNC1. The van der Waals surface area contributed by atoms with Crippen molar-refractivity contribution in [2.24, 2.45) is 5.92 Å². The van der Waals surface area contributed by atoms with Crippen LogP contribution in [0.2, 0.25) is 0 Å². The zero-order chi connectivity index (χ0) is 11.4. The molecule has 2 rings (SSSR count). The smallest absolute Gasteiger partial charge is 0.229 e. The number of piperidine rings is 2. The van der Waals surface area contributed by atoms with Gasteiger partial charge in [-0.3, -0.25) is 14.5 Å².